The zero-order chi connectivity index (χ0) is 27.1. The molecule has 4 rings (SSSR count). The van der Waals surface area contributed by atoms with Gasteiger partial charge in [-0.3, -0.25) is 0 Å². The van der Waals surface area contributed by atoms with E-state index >= 15 is 0 Å². The minimum atomic E-state index is -3.65. The molecule has 0 bridgehead atoms. The Kier molecular flexibility index (Phi) is 8.58. The standard InChI is InChI=1S/C28H32O.C3H6N2.2ClH.Ru/c1-17(2)29-28-24(16-26-20(5)12-18(3)13-21(26)6)10-9-11-25(28)27-22(7)14-19(4)15-23(27)8;1-2-5-3-4-1;;;/h9-15,17H,1-8H3;4-5H,1-2H2;2*1H;/q;;;;+2/p-2. The quantitative estimate of drug-likeness (QED) is 0.292. The predicted molar refractivity (Wildman–Crippen MR) is 158 cm³/mol. The van der Waals surface area contributed by atoms with Gasteiger partial charge in [-0.1, -0.05) is 0 Å². The molecule has 3 aromatic carbocycles. The SMILES string of the molecule is Cc1cc(C)c([C](c2cccc(-c3c(C)cc(C)cc3C)c2OC(C)C)=[Ru]([Cl])([Cl])=[C]2NCCN2)c(C)c1. The Morgan fingerprint density at radius 3 is 1.84 bits per heavy atom. The Morgan fingerprint density at radius 1 is 0.811 bits per heavy atom. The Morgan fingerprint density at radius 2 is 1.32 bits per heavy atom. The molecule has 1 aliphatic rings. The summed E-state index contributed by atoms with van der Waals surface area (Å²) in [7, 11) is 15.1. The number of para-hydroxylation sites is 1. The van der Waals surface area contributed by atoms with Crippen LogP contribution in [0.25, 0.3) is 11.1 Å². The van der Waals surface area contributed by atoms with E-state index in [9.17, 15) is 0 Å². The molecule has 1 aliphatic heterocycles. The first-order valence-corrected chi connectivity index (χ1v) is 18.9. The first-order chi connectivity index (χ1) is 17.4. The molecule has 0 spiro atoms. The summed E-state index contributed by atoms with van der Waals surface area (Å²) in [5.41, 5.74) is 11.6. The van der Waals surface area contributed by atoms with Crippen LogP contribution in [0.5, 0.6) is 5.75 Å². The van der Waals surface area contributed by atoms with Gasteiger partial charge in [0.15, 0.2) is 0 Å². The fourth-order valence-corrected chi connectivity index (χ4v) is 12.0. The first-order valence-electron chi connectivity index (χ1n) is 12.7. The summed E-state index contributed by atoms with van der Waals surface area (Å²) in [5, 5.41) is 6.91. The second kappa shape index (κ2) is 11.2. The Balaban J connectivity index is 2.20. The summed E-state index contributed by atoms with van der Waals surface area (Å²) in [6.45, 7) is 18.7. The summed E-state index contributed by atoms with van der Waals surface area (Å²) < 4.78 is 8.54. The van der Waals surface area contributed by atoms with Crippen molar-refractivity contribution in [2.75, 3.05) is 13.1 Å². The fourth-order valence-electron chi connectivity index (χ4n) is 5.40. The molecule has 0 amide bonds. The molecule has 1 heterocycles. The van der Waals surface area contributed by atoms with Crippen molar-refractivity contribution in [3.05, 3.63) is 87.0 Å². The van der Waals surface area contributed by atoms with Crippen LogP contribution in [-0.2, 0) is 11.9 Å². The summed E-state index contributed by atoms with van der Waals surface area (Å²) >= 11 is -3.65. The van der Waals surface area contributed by atoms with Gasteiger partial charge in [0.05, 0.1) is 0 Å². The number of rotatable bonds is 5. The number of ether oxygens (including phenoxy) is 1. The van der Waals surface area contributed by atoms with Crippen molar-refractivity contribution >= 4 is 27.8 Å². The second-order valence-electron chi connectivity index (χ2n) is 10.3. The number of nitrogens with one attached hydrogen (secondary N) is 2. The maximum atomic E-state index is 7.53. The van der Waals surface area contributed by atoms with Crippen LogP contribution in [0.3, 0.4) is 0 Å². The molecule has 6 heteroatoms. The molecule has 1 saturated heterocycles. The van der Waals surface area contributed by atoms with E-state index in [0.29, 0.717) is 0 Å². The molecule has 37 heavy (non-hydrogen) atoms. The number of hydrogen-bond donors (Lipinski definition) is 2. The van der Waals surface area contributed by atoms with Gasteiger partial charge in [0, 0.05) is 0 Å². The predicted octanol–water partition coefficient (Wildman–Crippen LogP) is 7.30. The van der Waals surface area contributed by atoms with Gasteiger partial charge in [-0.15, -0.1) is 0 Å². The van der Waals surface area contributed by atoms with Crippen molar-refractivity contribution in [3.8, 4) is 16.9 Å². The molecule has 3 aromatic rings. The zero-order valence-electron chi connectivity index (χ0n) is 23.1. The number of aryl methyl sites for hydroxylation is 6. The van der Waals surface area contributed by atoms with E-state index in [-0.39, 0.29) is 6.10 Å². The Labute approximate surface area is 232 Å². The second-order valence-corrected chi connectivity index (χ2v) is 19.5. The maximum absolute atomic E-state index is 7.53. The average molecular weight is 627 g/mol. The van der Waals surface area contributed by atoms with Gasteiger partial charge in [-0.2, -0.15) is 0 Å². The van der Waals surface area contributed by atoms with E-state index < -0.39 is 11.9 Å². The molecule has 0 aliphatic carbocycles. The average Bonchev–Trinajstić information content (AvgIpc) is 3.32. The molecule has 0 aromatic heterocycles. The third kappa shape index (κ3) is 5.70. The Bertz CT molecular complexity index is 1440. The molecule has 0 radical (unpaired) electrons. The summed E-state index contributed by atoms with van der Waals surface area (Å²) in [6, 6.07) is 15.3. The third-order valence-corrected chi connectivity index (χ3v) is 13.4. The van der Waals surface area contributed by atoms with Crippen LogP contribution in [-0.4, -0.2) is 27.7 Å². The van der Waals surface area contributed by atoms with E-state index in [1.165, 1.54) is 38.9 Å². The number of hydrogen-bond acceptors (Lipinski definition) is 3. The molecule has 0 saturated carbocycles. The normalized spacial score (nSPS) is 14.4. The van der Waals surface area contributed by atoms with Crippen molar-refractivity contribution in [2.45, 2.75) is 61.5 Å². The van der Waals surface area contributed by atoms with Gasteiger partial charge in [-0.05, 0) is 0 Å². The van der Waals surface area contributed by atoms with Crippen molar-refractivity contribution in [1.29, 1.82) is 0 Å². The molecule has 1 fully saturated rings. The van der Waals surface area contributed by atoms with Gasteiger partial charge in [0.25, 0.3) is 0 Å². The molecular formula is C31H38Cl2N2ORu. The third-order valence-electron chi connectivity index (χ3n) is 6.56. The van der Waals surface area contributed by atoms with E-state index in [1.807, 2.05) is 0 Å². The van der Waals surface area contributed by atoms with E-state index in [4.69, 9.17) is 24.1 Å². The van der Waals surface area contributed by atoms with Crippen molar-refractivity contribution in [2.24, 2.45) is 0 Å². The summed E-state index contributed by atoms with van der Waals surface area (Å²) in [5.74, 6) is 0.840. The van der Waals surface area contributed by atoms with Crippen LogP contribution in [0.2, 0.25) is 0 Å². The van der Waals surface area contributed by atoms with Gasteiger partial charge in [0.1, 0.15) is 0 Å². The van der Waals surface area contributed by atoms with Crippen LogP contribution in [0.15, 0.2) is 42.5 Å². The van der Waals surface area contributed by atoms with Gasteiger partial charge in [-0.25, -0.2) is 0 Å². The molecule has 200 valence electrons. The van der Waals surface area contributed by atoms with Crippen LogP contribution < -0.4 is 15.4 Å². The number of halogens is 2. The topological polar surface area (TPSA) is 33.3 Å². The monoisotopic (exact) mass is 626 g/mol. The van der Waals surface area contributed by atoms with Gasteiger partial charge >= 0.3 is 234 Å². The summed E-state index contributed by atoms with van der Waals surface area (Å²) in [6.07, 6.45) is -0.0201. The van der Waals surface area contributed by atoms with Crippen LogP contribution in [0.1, 0.15) is 58.4 Å². The van der Waals surface area contributed by atoms with E-state index in [2.05, 4.69) is 108 Å². The first kappa shape index (κ1) is 28.3. The van der Waals surface area contributed by atoms with E-state index in [1.54, 1.807) is 0 Å². The van der Waals surface area contributed by atoms with Crippen LogP contribution >= 0.6 is 19.4 Å². The molecule has 2 N–H and O–H groups in total. The Hall–Kier alpha value is -1.68. The minimum absolute atomic E-state index is 0.0201. The molecular weight excluding hydrogens is 588 g/mol. The van der Waals surface area contributed by atoms with Crippen molar-refractivity contribution in [1.82, 2.24) is 10.6 Å². The van der Waals surface area contributed by atoms with Crippen molar-refractivity contribution < 1.29 is 16.6 Å². The fraction of sp³-hybridized carbons (Fsp3) is 0.355. The van der Waals surface area contributed by atoms with Crippen molar-refractivity contribution in [3.63, 3.8) is 0 Å². The molecule has 3 nitrogen and oxygen atoms in total. The zero-order valence-corrected chi connectivity index (χ0v) is 26.3. The van der Waals surface area contributed by atoms with Crippen LogP contribution in [0.4, 0.5) is 0 Å². The molecule has 0 atom stereocenters. The number of benzene rings is 3. The van der Waals surface area contributed by atoms with Gasteiger partial charge < -0.3 is 0 Å². The summed E-state index contributed by atoms with van der Waals surface area (Å²) in [4.78, 5) is 0. The molecule has 0 unspecified atom stereocenters. The van der Waals surface area contributed by atoms with E-state index in [0.717, 1.165) is 44.0 Å². The van der Waals surface area contributed by atoms with Crippen LogP contribution in [0, 0.1) is 41.5 Å². The van der Waals surface area contributed by atoms with Gasteiger partial charge in [0.2, 0.25) is 0 Å².